The largest absolute Gasteiger partial charge is 0.358 e. The third-order valence-electron chi connectivity index (χ3n) is 4.48. The van der Waals surface area contributed by atoms with Crippen molar-refractivity contribution in [3.8, 4) is 0 Å². The Morgan fingerprint density at radius 2 is 1.60 bits per heavy atom. The second-order valence-electron chi connectivity index (χ2n) is 6.47. The maximum atomic E-state index is 12.7. The van der Waals surface area contributed by atoms with Crippen molar-refractivity contribution in [2.45, 2.75) is 19.8 Å². The molecule has 0 spiro atoms. The van der Waals surface area contributed by atoms with Gasteiger partial charge in [-0.1, -0.05) is 18.2 Å². The van der Waals surface area contributed by atoms with Gasteiger partial charge in [-0.15, -0.1) is 0 Å². The summed E-state index contributed by atoms with van der Waals surface area (Å²) in [6.07, 6.45) is 1.95. The highest BCUT2D eigenvalue weighted by molar-refractivity contribution is 6.14. The third kappa shape index (κ3) is 3.13. The minimum absolute atomic E-state index is 0.0752. The number of carbonyl (C=O) groups excluding carboxylic acids is 2. The van der Waals surface area contributed by atoms with Gasteiger partial charge >= 0.3 is 0 Å². The number of carbonyl (C=O) groups is 2. The molecule has 0 saturated heterocycles. The van der Waals surface area contributed by atoms with Crippen LogP contribution in [-0.4, -0.2) is 16.8 Å². The van der Waals surface area contributed by atoms with E-state index in [1.54, 1.807) is 24.3 Å². The van der Waals surface area contributed by atoms with E-state index in [1.165, 1.54) is 0 Å². The topological polar surface area (TPSA) is 74.0 Å². The van der Waals surface area contributed by atoms with Gasteiger partial charge in [-0.3, -0.25) is 9.59 Å². The summed E-state index contributed by atoms with van der Waals surface area (Å²) in [5.74, 6) is 0.0974. The number of hydrogen-bond acceptors (Lipinski definition) is 2. The zero-order valence-corrected chi connectivity index (χ0v) is 13.9. The molecule has 1 aliphatic carbocycles. The summed E-state index contributed by atoms with van der Waals surface area (Å²) in [6.45, 7) is 1.89. The van der Waals surface area contributed by atoms with Gasteiger partial charge in [0, 0.05) is 33.9 Å². The van der Waals surface area contributed by atoms with Crippen LogP contribution in [0.1, 0.15) is 28.9 Å². The summed E-state index contributed by atoms with van der Waals surface area (Å²) in [4.78, 5) is 27.7. The molecular formula is C20H19N3O2. The highest BCUT2D eigenvalue weighted by atomic mass is 16.2. The molecule has 1 heterocycles. The van der Waals surface area contributed by atoms with Crippen LogP contribution >= 0.6 is 0 Å². The Bertz CT molecular complexity index is 953. The zero-order valence-electron chi connectivity index (χ0n) is 13.9. The fourth-order valence-electron chi connectivity index (χ4n) is 2.99. The standard InChI is InChI=1S/C20H19N3O2/c1-12-18(16-4-2-3-5-17(16)21-12)20(25)23-15-10-8-14(9-11-15)22-19(24)13-6-7-13/h2-5,8-11,13,21H,6-7H2,1H3,(H,22,24)(H,23,25). The molecule has 5 heteroatoms. The molecule has 3 aromatic rings. The highest BCUT2D eigenvalue weighted by Gasteiger charge is 2.29. The predicted octanol–water partition coefficient (Wildman–Crippen LogP) is 4.08. The number of amides is 2. The van der Waals surface area contributed by atoms with Crippen LogP contribution in [0.25, 0.3) is 10.9 Å². The molecule has 2 amide bonds. The molecule has 5 nitrogen and oxygen atoms in total. The number of aromatic nitrogens is 1. The van der Waals surface area contributed by atoms with Crippen LogP contribution in [0, 0.1) is 12.8 Å². The van der Waals surface area contributed by atoms with Crippen LogP contribution in [-0.2, 0) is 4.79 Å². The van der Waals surface area contributed by atoms with Gasteiger partial charge in [0.1, 0.15) is 0 Å². The number of nitrogens with one attached hydrogen (secondary N) is 3. The van der Waals surface area contributed by atoms with Crippen LogP contribution < -0.4 is 10.6 Å². The van der Waals surface area contributed by atoms with Crippen molar-refractivity contribution < 1.29 is 9.59 Å². The maximum absolute atomic E-state index is 12.7. The number of aromatic amines is 1. The Hall–Kier alpha value is -3.08. The number of aryl methyl sites for hydroxylation is 1. The fourth-order valence-corrected chi connectivity index (χ4v) is 2.99. The van der Waals surface area contributed by atoms with E-state index in [0.717, 1.165) is 35.1 Å². The summed E-state index contributed by atoms with van der Waals surface area (Å²) in [5, 5.41) is 6.72. The summed E-state index contributed by atoms with van der Waals surface area (Å²) in [6, 6.07) is 14.9. The minimum Gasteiger partial charge on any atom is -0.358 e. The summed E-state index contributed by atoms with van der Waals surface area (Å²) < 4.78 is 0. The van der Waals surface area contributed by atoms with E-state index < -0.39 is 0 Å². The number of para-hydroxylation sites is 1. The maximum Gasteiger partial charge on any atom is 0.258 e. The monoisotopic (exact) mass is 333 g/mol. The number of anilines is 2. The Kier molecular flexibility index (Phi) is 3.76. The molecule has 0 unspecified atom stereocenters. The van der Waals surface area contributed by atoms with E-state index in [2.05, 4.69) is 15.6 Å². The number of H-pyrrole nitrogens is 1. The second-order valence-corrected chi connectivity index (χ2v) is 6.47. The number of benzene rings is 2. The smallest absolute Gasteiger partial charge is 0.258 e. The SMILES string of the molecule is Cc1[nH]c2ccccc2c1C(=O)Nc1ccc(NC(=O)C2CC2)cc1. The van der Waals surface area contributed by atoms with Crippen molar-refractivity contribution >= 4 is 34.1 Å². The molecule has 0 bridgehead atoms. The Labute approximate surface area is 145 Å². The molecule has 4 rings (SSSR count). The fraction of sp³-hybridized carbons (Fsp3) is 0.200. The predicted molar refractivity (Wildman–Crippen MR) is 98.8 cm³/mol. The van der Waals surface area contributed by atoms with E-state index in [1.807, 2.05) is 31.2 Å². The molecule has 2 aromatic carbocycles. The van der Waals surface area contributed by atoms with Crippen molar-refractivity contribution in [2.24, 2.45) is 5.92 Å². The number of rotatable bonds is 4. The zero-order chi connectivity index (χ0) is 17.4. The molecule has 1 saturated carbocycles. The van der Waals surface area contributed by atoms with E-state index in [9.17, 15) is 9.59 Å². The van der Waals surface area contributed by atoms with Crippen molar-refractivity contribution in [3.63, 3.8) is 0 Å². The molecule has 1 aliphatic rings. The normalized spacial score (nSPS) is 13.6. The van der Waals surface area contributed by atoms with Gasteiger partial charge in [-0.25, -0.2) is 0 Å². The van der Waals surface area contributed by atoms with Crippen LogP contribution in [0.2, 0.25) is 0 Å². The molecular weight excluding hydrogens is 314 g/mol. The highest BCUT2D eigenvalue weighted by Crippen LogP contribution is 2.30. The van der Waals surface area contributed by atoms with Gasteiger partial charge in [0.2, 0.25) is 5.91 Å². The van der Waals surface area contributed by atoms with Gasteiger partial charge in [0.05, 0.1) is 5.56 Å². The molecule has 3 N–H and O–H groups in total. The molecule has 1 aromatic heterocycles. The van der Waals surface area contributed by atoms with Crippen molar-refractivity contribution in [1.82, 2.24) is 4.98 Å². The van der Waals surface area contributed by atoms with Crippen LogP contribution in [0.3, 0.4) is 0 Å². The average Bonchev–Trinajstić information content (AvgIpc) is 3.39. The van der Waals surface area contributed by atoms with Crippen molar-refractivity contribution in [1.29, 1.82) is 0 Å². The summed E-state index contributed by atoms with van der Waals surface area (Å²) in [7, 11) is 0. The second kappa shape index (κ2) is 6.09. The van der Waals surface area contributed by atoms with Gasteiger partial charge in [-0.2, -0.15) is 0 Å². The quantitative estimate of drug-likeness (QED) is 0.673. The van der Waals surface area contributed by atoms with Crippen molar-refractivity contribution in [3.05, 3.63) is 59.8 Å². The van der Waals surface area contributed by atoms with Gasteiger partial charge < -0.3 is 15.6 Å². The molecule has 0 aliphatic heterocycles. The van der Waals surface area contributed by atoms with E-state index >= 15 is 0 Å². The van der Waals surface area contributed by atoms with Crippen molar-refractivity contribution in [2.75, 3.05) is 10.6 Å². The van der Waals surface area contributed by atoms with E-state index in [-0.39, 0.29) is 17.7 Å². The lowest BCUT2D eigenvalue weighted by Gasteiger charge is -2.08. The molecule has 126 valence electrons. The first kappa shape index (κ1) is 15.4. The first-order chi connectivity index (χ1) is 12.1. The first-order valence-corrected chi connectivity index (χ1v) is 8.41. The Morgan fingerprint density at radius 3 is 2.28 bits per heavy atom. The number of fused-ring (bicyclic) bond motifs is 1. The molecule has 0 radical (unpaired) electrons. The lowest BCUT2D eigenvalue weighted by atomic mass is 10.1. The van der Waals surface area contributed by atoms with Gasteiger partial charge in [-0.05, 0) is 50.1 Å². The van der Waals surface area contributed by atoms with E-state index in [0.29, 0.717) is 11.3 Å². The molecule has 25 heavy (non-hydrogen) atoms. The molecule has 0 atom stereocenters. The lowest BCUT2D eigenvalue weighted by Crippen LogP contribution is -2.14. The number of hydrogen-bond donors (Lipinski definition) is 3. The van der Waals surface area contributed by atoms with Crippen LogP contribution in [0.5, 0.6) is 0 Å². The summed E-state index contributed by atoms with van der Waals surface area (Å²) in [5.41, 5.74) is 3.88. The van der Waals surface area contributed by atoms with Crippen LogP contribution in [0.15, 0.2) is 48.5 Å². The average molecular weight is 333 g/mol. The van der Waals surface area contributed by atoms with E-state index in [4.69, 9.17) is 0 Å². The summed E-state index contributed by atoms with van der Waals surface area (Å²) >= 11 is 0. The van der Waals surface area contributed by atoms with Crippen LogP contribution in [0.4, 0.5) is 11.4 Å². The lowest BCUT2D eigenvalue weighted by molar-refractivity contribution is -0.117. The molecule has 1 fully saturated rings. The van der Waals surface area contributed by atoms with Gasteiger partial charge in [0.25, 0.3) is 5.91 Å². The Balaban J connectivity index is 1.50. The Morgan fingerprint density at radius 1 is 0.960 bits per heavy atom. The third-order valence-corrected chi connectivity index (χ3v) is 4.48. The minimum atomic E-state index is -0.148. The van der Waals surface area contributed by atoms with Gasteiger partial charge in [0.15, 0.2) is 0 Å². The first-order valence-electron chi connectivity index (χ1n) is 8.41.